The highest BCUT2D eigenvalue weighted by Crippen LogP contribution is 2.33. The Bertz CT molecular complexity index is 2880. The van der Waals surface area contributed by atoms with Crippen LogP contribution in [0.25, 0.3) is 27.5 Å². The third-order valence-corrected chi connectivity index (χ3v) is 9.04. The summed E-state index contributed by atoms with van der Waals surface area (Å²) < 4.78 is 62.7. The van der Waals surface area contributed by atoms with Gasteiger partial charge in [0.15, 0.2) is 17.8 Å². The summed E-state index contributed by atoms with van der Waals surface area (Å²) in [7, 11) is 0. The lowest BCUT2D eigenvalue weighted by Crippen LogP contribution is -2.32. The normalized spacial score (nSPS) is 11.0. The van der Waals surface area contributed by atoms with Gasteiger partial charge in [-0.2, -0.15) is 4.57 Å². The molecule has 0 fully saturated rings. The molecule has 5 aromatic carbocycles. The van der Waals surface area contributed by atoms with Crippen LogP contribution in [0.5, 0.6) is 0 Å². The van der Waals surface area contributed by atoms with Gasteiger partial charge in [-0.25, -0.2) is 22.4 Å². The van der Waals surface area contributed by atoms with E-state index in [2.05, 4.69) is 31.2 Å². The first-order valence-corrected chi connectivity index (χ1v) is 17.3. The molecule has 0 unspecified atom stereocenters. The van der Waals surface area contributed by atoms with Crippen LogP contribution in [0.2, 0.25) is 0 Å². The zero-order valence-corrected chi connectivity index (χ0v) is 29.4. The Balaban J connectivity index is 1.23. The van der Waals surface area contributed by atoms with Crippen molar-refractivity contribution < 1.29 is 36.8 Å². The third kappa shape index (κ3) is 7.47. The summed E-state index contributed by atoms with van der Waals surface area (Å²) in [6.45, 7) is 0. The minimum Gasteiger partial charge on any atom is -0.478 e. The number of halogens is 4. The van der Waals surface area contributed by atoms with Crippen molar-refractivity contribution in [3.63, 3.8) is 0 Å². The highest BCUT2D eigenvalue weighted by Gasteiger charge is 2.25. The fourth-order valence-electron chi connectivity index (χ4n) is 6.38. The summed E-state index contributed by atoms with van der Waals surface area (Å²) in [5.41, 5.74) is 2.10. The quantitative estimate of drug-likeness (QED) is 0.0687. The molecule has 0 aliphatic heterocycles. The third-order valence-electron chi connectivity index (χ3n) is 9.04. The highest BCUT2D eigenvalue weighted by atomic mass is 19.1. The molecule has 280 valence electrons. The van der Waals surface area contributed by atoms with E-state index in [9.17, 15) is 23.5 Å². The van der Waals surface area contributed by atoms with Gasteiger partial charge >= 0.3 is 5.97 Å². The molecule has 0 aliphatic rings. The van der Waals surface area contributed by atoms with Gasteiger partial charge in [0.2, 0.25) is 11.2 Å². The van der Waals surface area contributed by atoms with E-state index in [1.165, 1.54) is 72.9 Å². The van der Waals surface area contributed by atoms with Crippen LogP contribution in [-0.2, 0) is 0 Å². The summed E-state index contributed by atoms with van der Waals surface area (Å²) in [6.07, 6.45) is 6.28. The summed E-state index contributed by atoms with van der Waals surface area (Å²) in [6, 6.07) is 27.9. The Morgan fingerprint density at radius 1 is 0.579 bits per heavy atom. The fraction of sp³-hybridized carbons (Fsp3) is 0. The van der Waals surface area contributed by atoms with Crippen LogP contribution in [0.3, 0.4) is 0 Å². The maximum absolute atomic E-state index is 16.7. The van der Waals surface area contributed by atoms with E-state index in [1.54, 1.807) is 65.6 Å². The number of pyridine rings is 3. The van der Waals surface area contributed by atoms with Crippen molar-refractivity contribution in [3.05, 3.63) is 174 Å². The number of carbonyl (C=O) groups is 2. The summed E-state index contributed by atoms with van der Waals surface area (Å²) in [5.74, 6) is -5.36. The topological polar surface area (TPSA) is 132 Å². The van der Waals surface area contributed by atoms with E-state index >= 15 is 8.78 Å². The lowest BCUT2D eigenvalue weighted by molar-refractivity contribution is -0.567. The number of rotatable bonds is 10. The van der Waals surface area contributed by atoms with Gasteiger partial charge in [0.1, 0.15) is 11.6 Å². The first kappa shape index (κ1) is 36.1. The largest absolute Gasteiger partial charge is 0.478 e. The number of carboxylic acids is 1. The summed E-state index contributed by atoms with van der Waals surface area (Å²) in [4.78, 5) is 33.9. The Kier molecular flexibility index (Phi) is 9.57. The van der Waals surface area contributed by atoms with Crippen LogP contribution in [0.1, 0.15) is 20.7 Å². The van der Waals surface area contributed by atoms with Gasteiger partial charge in [-0.15, -0.1) is 0 Å². The molecule has 0 aliphatic carbocycles. The molecule has 8 aromatic rings. The monoisotopic (exact) mass is 766 g/mol. The van der Waals surface area contributed by atoms with Gasteiger partial charge < -0.3 is 26.4 Å². The maximum atomic E-state index is 16.7. The Labute approximate surface area is 321 Å². The second-order valence-electron chi connectivity index (χ2n) is 12.8. The first-order valence-electron chi connectivity index (χ1n) is 17.3. The average molecular weight is 767 g/mol. The van der Waals surface area contributed by atoms with Gasteiger partial charge in [-0.1, -0.05) is 12.1 Å². The van der Waals surface area contributed by atoms with E-state index in [4.69, 9.17) is 0 Å². The number of aromatic carboxylic acids is 1. The standard InChI is InChI=1S/C43H27F4N7O3/c44-24-7-9-34-31(19-24)35(13-17-49-34)53-38-23-29(22-33(41(38)47)42(55)51-28-4-1-3-27(21-28)50-26-11-15-48-16-12-26)54-18-14-36(32-20-25(45)8-10-39(32)54)52-37-6-2-5-30(40(37)46)43(56)57/h1-23H,(H4,48,49,50,51,53,55,56,57)/p+1. The average Bonchev–Trinajstić information content (AvgIpc) is 3.20. The molecule has 0 radical (unpaired) electrons. The predicted molar refractivity (Wildman–Crippen MR) is 209 cm³/mol. The van der Waals surface area contributed by atoms with E-state index in [0.717, 1.165) is 11.8 Å². The van der Waals surface area contributed by atoms with Crippen molar-refractivity contribution in [2.45, 2.75) is 0 Å². The Hall–Kier alpha value is -7.87. The summed E-state index contributed by atoms with van der Waals surface area (Å²) >= 11 is 0. The lowest BCUT2D eigenvalue weighted by Gasteiger charge is -2.15. The van der Waals surface area contributed by atoms with Crippen LogP contribution in [-0.4, -0.2) is 27.0 Å². The van der Waals surface area contributed by atoms with E-state index < -0.39 is 40.7 Å². The second kappa shape index (κ2) is 15.1. The number of amides is 1. The number of anilines is 7. The smallest absolute Gasteiger partial charge is 0.338 e. The number of fused-ring (bicyclic) bond motifs is 2. The molecule has 3 aromatic heterocycles. The second-order valence-corrected chi connectivity index (χ2v) is 12.8. The van der Waals surface area contributed by atoms with Crippen molar-refractivity contribution in [1.29, 1.82) is 0 Å². The molecule has 0 bridgehead atoms. The van der Waals surface area contributed by atoms with Crippen LogP contribution < -0.4 is 25.8 Å². The lowest BCUT2D eigenvalue weighted by atomic mass is 10.1. The van der Waals surface area contributed by atoms with Crippen molar-refractivity contribution >= 4 is 73.5 Å². The SMILES string of the molecule is O=C(O)c1cccc(Nc2cc[n+](-c3cc(Nc4ccnc5ccc(F)cc45)c(F)c(C(=O)Nc4cccc(Nc5ccncc5)c4)c3)c3ccc(F)cc23)c1F. The molecule has 0 saturated carbocycles. The zero-order chi connectivity index (χ0) is 39.6. The molecule has 8 rings (SSSR count). The molecule has 5 N–H and O–H groups in total. The predicted octanol–water partition coefficient (Wildman–Crippen LogP) is 9.80. The molecule has 14 heteroatoms. The van der Waals surface area contributed by atoms with Crippen LogP contribution in [0, 0.1) is 23.3 Å². The van der Waals surface area contributed by atoms with Gasteiger partial charge in [0.25, 0.3) is 5.91 Å². The number of carbonyl (C=O) groups excluding carboxylic acids is 1. The minimum absolute atomic E-state index is 0.153. The molecule has 1 amide bonds. The molecular weight excluding hydrogens is 739 g/mol. The molecule has 0 atom stereocenters. The van der Waals surface area contributed by atoms with E-state index in [-0.39, 0.29) is 33.7 Å². The number of carboxylic acid groups (broad SMARTS) is 1. The molecule has 3 heterocycles. The van der Waals surface area contributed by atoms with Crippen LogP contribution >= 0.6 is 0 Å². The van der Waals surface area contributed by atoms with Crippen LogP contribution in [0.4, 0.5) is 57.4 Å². The number of nitrogens with one attached hydrogen (secondary N) is 4. The van der Waals surface area contributed by atoms with Gasteiger partial charge in [-0.3, -0.25) is 14.8 Å². The first-order chi connectivity index (χ1) is 27.6. The molecule has 0 saturated heterocycles. The van der Waals surface area contributed by atoms with E-state index in [1.807, 2.05) is 0 Å². The summed E-state index contributed by atoms with van der Waals surface area (Å²) in [5, 5.41) is 21.9. The number of hydrogen-bond acceptors (Lipinski definition) is 7. The van der Waals surface area contributed by atoms with Gasteiger partial charge in [-0.05, 0) is 78.9 Å². The van der Waals surface area contributed by atoms with Crippen molar-refractivity contribution in [1.82, 2.24) is 9.97 Å². The van der Waals surface area contributed by atoms with E-state index in [0.29, 0.717) is 33.5 Å². The van der Waals surface area contributed by atoms with Gasteiger partial charge in [0, 0.05) is 71.0 Å². The Morgan fingerprint density at radius 2 is 1.28 bits per heavy atom. The van der Waals surface area contributed by atoms with Gasteiger partial charge in [0.05, 0.1) is 39.1 Å². The Morgan fingerprint density at radius 3 is 2.09 bits per heavy atom. The number of hydrogen-bond donors (Lipinski definition) is 5. The maximum Gasteiger partial charge on any atom is 0.338 e. The molecular formula is C43H28F4N7O3+. The highest BCUT2D eigenvalue weighted by molar-refractivity contribution is 6.06. The number of benzene rings is 5. The minimum atomic E-state index is -1.46. The van der Waals surface area contributed by atoms with Crippen molar-refractivity contribution in [2.75, 3.05) is 21.3 Å². The molecule has 0 spiro atoms. The fourth-order valence-corrected chi connectivity index (χ4v) is 6.38. The van der Waals surface area contributed by atoms with Crippen LogP contribution in [0.15, 0.2) is 140 Å². The number of nitrogens with zero attached hydrogens (tertiary/aromatic N) is 3. The number of aromatic nitrogens is 3. The van der Waals surface area contributed by atoms with Crippen molar-refractivity contribution in [2.24, 2.45) is 0 Å². The zero-order valence-electron chi connectivity index (χ0n) is 29.4. The molecule has 10 nitrogen and oxygen atoms in total. The van der Waals surface area contributed by atoms with Crippen molar-refractivity contribution in [3.8, 4) is 5.69 Å². The molecule has 57 heavy (non-hydrogen) atoms.